The lowest BCUT2D eigenvalue weighted by molar-refractivity contribution is -0.191. The van der Waals surface area contributed by atoms with Gasteiger partial charge < -0.3 is 75.5 Å². The van der Waals surface area contributed by atoms with Crippen molar-refractivity contribution in [2.75, 3.05) is 13.2 Å². The summed E-state index contributed by atoms with van der Waals surface area (Å²) in [5.41, 5.74) is -0.832. The lowest BCUT2D eigenvalue weighted by Gasteiger charge is -2.47. The van der Waals surface area contributed by atoms with Crippen LogP contribution in [0.2, 0.25) is 0 Å². The number of carbonyl (C=O) groups excluding carboxylic acids is 1. The molecule has 9 atom stereocenters. The van der Waals surface area contributed by atoms with E-state index in [0.717, 1.165) is 27.7 Å². The number of aliphatic carboxylic acids is 8. The molecule has 0 aromatic heterocycles. The number of rotatable bonds is 13. The topological polar surface area (TPSA) is 418 Å². The molecule has 0 bridgehead atoms. The first-order valence-corrected chi connectivity index (χ1v) is 14.6. The number of aliphatic hydroxyl groups is 4. The van der Waals surface area contributed by atoms with Gasteiger partial charge in [0.05, 0.1) is 44.7 Å². The molecule has 0 aromatic carbocycles. The van der Waals surface area contributed by atoms with Gasteiger partial charge in [0.1, 0.15) is 23.9 Å². The maximum atomic E-state index is 11.3. The minimum atomic E-state index is -1.64. The van der Waals surface area contributed by atoms with Crippen molar-refractivity contribution in [1.29, 1.82) is 0 Å². The molecule has 0 saturated carbocycles. The van der Waals surface area contributed by atoms with Crippen LogP contribution in [0.25, 0.3) is 0 Å². The van der Waals surface area contributed by atoms with Crippen molar-refractivity contribution in [2.24, 2.45) is 17.8 Å². The van der Waals surface area contributed by atoms with Crippen molar-refractivity contribution in [3.63, 3.8) is 0 Å². The lowest BCUT2D eigenvalue weighted by Crippen LogP contribution is -2.54. The SMILES string of the molecule is CC(=O)O.CC(=O)O.CC(=O)O.CC(=O)O.C[C@@]1([C@@H]2OC(CC(=O)O)[C@@H](CC(=O)O)[C@@H](CC(=O)O)[C@@H]2CC(=O)O)CO1.O=C[C@@H](O)[C@H](O)[C@H](O)CO. The number of carboxylic acids is 8. The van der Waals surface area contributed by atoms with Crippen LogP contribution in [0.1, 0.15) is 60.3 Å². The van der Waals surface area contributed by atoms with E-state index in [1.165, 1.54) is 0 Å². The summed E-state index contributed by atoms with van der Waals surface area (Å²) in [4.78, 5) is 90.9. The molecule has 2 heterocycles. The maximum absolute atomic E-state index is 11.3. The Hall–Kier alpha value is -4.81. The van der Waals surface area contributed by atoms with Crippen LogP contribution in [0.3, 0.4) is 0 Å². The third kappa shape index (κ3) is 30.1. The van der Waals surface area contributed by atoms with Crippen LogP contribution < -0.4 is 0 Å². The number of aldehydes is 1. The maximum Gasteiger partial charge on any atom is 0.305 e. The van der Waals surface area contributed by atoms with Gasteiger partial charge in [-0.1, -0.05) is 0 Å². The zero-order chi connectivity index (χ0) is 42.1. The van der Waals surface area contributed by atoms with Crippen LogP contribution in [0.4, 0.5) is 0 Å². The molecule has 0 radical (unpaired) electrons. The van der Waals surface area contributed by atoms with Crippen LogP contribution in [-0.2, 0) is 52.6 Å². The highest BCUT2D eigenvalue weighted by Gasteiger charge is 2.58. The molecule has 2 fully saturated rings. The van der Waals surface area contributed by atoms with Crippen molar-refractivity contribution >= 4 is 54.0 Å². The summed E-state index contributed by atoms with van der Waals surface area (Å²) in [6.07, 6.45) is -8.38. The average molecular weight is 765 g/mol. The first-order valence-electron chi connectivity index (χ1n) is 14.6. The number of carbonyl (C=O) groups is 9. The van der Waals surface area contributed by atoms with Gasteiger partial charge in [-0.2, -0.15) is 0 Å². The molecule has 52 heavy (non-hydrogen) atoms. The predicted octanol–water partition coefficient (Wildman–Crippen LogP) is -2.09. The predicted molar refractivity (Wildman–Crippen MR) is 167 cm³/mol. The highest BCUT2D eigenvalue weighted by molar-refractivity contribution is 5.71. The molecule has 12 N–H and O–H groups in total. The minimum Gasteiger partial charge on any atom is -0.481 e. The summed E-state index contributed by atoms with van der Waals surface area (Å²) in [5.74, 6) is -10.7. The molecule has 23 heteroatoms. The Balaban J connectivity index is -0.000000361. The number of epoxide rings is 1. The summed E-state index contributed by atoms with van der Waals surface area (Å²) >= 11 is 0. The van der Waals surface area contributed by atoms with E-state index in [0.29, 0.717) is 0 Å². The molecular weight excluding hydrogens is 716 g/mol. The van der Waals surface area contributed by atoms with E-state index in [4.69, 9.17) is 74.6 Å². The number of carboxylic acid groups (broad SMARTS) is 8. The van der Waals surface area contributed by atoms with Gasteiger partial charge >= 0.3 is 23.9 Å². The normalized spacial score (nSPS) is 23.8. The molecule has 1 unspecified atom stereocenters. The Kier molecular flexibility index (Phi) is 28.9. The average Bonchev–Trinajstić information content (AvgIpc) is 3.70. The van der Waals surface area contributed by atoms with Gasteiger partial charge in [0.2, 0.25) is 0 Å². The van der Waals surface area contributed by atoms with E-state index in [-0.39, 0.29) is 12.9 Å². The van der Waals surface area contributed by atoms with Crippen molar-refractivity contribution in [3.05, 3.63) is 0 Å². The zero-order valence-corrected chi connectivity index (χ0v) is 28.8. The lowest BCUT2D eigenvalue weighted by atomic mass is 9.67. The second kappa shape index (κ2) is 27.9. The number of aliphatic hydroxyl groups excluding tert-OH is 4. The molecule has 2 saturated heterocycles. The summed E-state index contributed by atoms with van der Waals surface area (Å²) in [6.45, 7) is 5.60. The monoisotopic (exact) mass is 764 g/mol. The van der Waals surface area contributed by atoms with Gasteiger partial charge in [0.15, 0.2) is 6.29 Å². The van der Waals surface area contributed by atoms with Crippen molar-refractivity contribution < 1.29 is 114 Å². The quantitative estimate of drug-likeness (QED) is 0.0706. The van der Waals surface area contributed by atoms with Gasteiger partial charge in [-0.15, -0.1) is 0 Å². The second-order valence-electron chi connectivity index (χ2n) is 11.0. The fourth-order valence-corrected chi connectivity index (χ4v) is 4.32. The summed E-state index contributed by atoms with van der Waals surface area (Å²) in [5, 5.41) is 101. The van der Waals surface area contributed by atoms with Crippen LogP contribution in [-0.4, -0.2) is 165 Å². The largest absolute Gasteiger partial charge is 0.481 e. The number of ether oxygens (including phenoxy) is 2. The third-order valence-electron chi connectivity index (χ3n) is 6.17. The van der Waals surface area contributed by atoms with Crippen LogP contribution in [0, 0.1) is 17.8 Å². The molecule has 2 rings (SSSR count). The fraction of sp³-hybridized carbons (Fsp3) is 0.690. The Morgan fingerprint density at radius 3 is 1.21 bits per heavy atom. The van der Waals surface area contributed by atoms with Crippen LogP contribution in [0.5, 0.6) is 0 Å². The van der Waals surface area contributed by atoms with Gasteiger partial charge in [0, 0.05) is 40.0 Å². The number of hydrogen-bond acceptors (Lipinski definition) is 15. The van der Waals surface area contributed by atoms with E-state index in [1.54, 1.807) is 6.92 Å². The standard InChI is InChI=1S/C16H22O10.C5H10O5.4C2H4O2/c1-16(6-25-16)15-9(4-13(21)22)7(2-11(17)18)8(3-12(19)20)10(26-15)5-14(23)24;6-1-3(8)5(10)4(9)2-7;4*1-2(3)4/h7-10,15H,2-6H2,1H3,(H,17,18)(H,19,20)(H,21,22)(H,23,24);1,3-5,7-10H,2H2;4*1H3,(H,3,4)/t7-,8+,9+,10?,15-,16+;3-,4-,5+;;;;/m11..../s1. The minimum absolute atomic E-state index is 0.0869. The van der Waals surface area contributed by atoms with E-state index < -0.39 is 134 Å². The zero-order valence-electron chi connectivity index (χ0n) is 28.8. The van der Waals surface area contributed by atoms with Crippen molar-refractivity contribution in [3.8, 4) is 0 Å². The van der Waals surface area contributed by atoms with Crippen LogP contribution >= 0.6 is 0 Å². The van der Waals surface area contributed by atoms with Gasteiger partial charge in [0.25, 0.3) is 23.9 Å². The van der Waals surface area contributed by atoms with E-state index in [9.17, 15) is 39.3 Å². The summed E-state index contributed by atoms with van der Waals surface area (Å²) in [6, 6.07) is 0. The number of hydrogen-bond donors (Lipinski definition) is 12. The molecule has 2 aliphatic rings. The summed E-state index contributed by atoms with van der Waals surface area (Å²) < 4.78 is 11.2. The smallest absolute Gasteiger partial charge is 0.305 e. The van der Waals surface area contributed by atoms with Crippen molar-refractivity contribution in [1.82, 2.24) is 0 Å². The highest BCUT2D eigenvalue weighted by Crippen LogP contribution is 2.49. The molecule has 23 nitrogen and oxygen atoms in total. The van der Waals surface area contributed by atoms with E-state index in [2.05, 4.69) is 0 Å². The highest BCUT2D eigenvalue weighted by atomic mass is 16.6. The molecular formula is C29H48O23. The molecule has 0 aliphatic carbocycles. The van der Waals surface area contributed by atoms with Gasteiger partial charge in [-0.3, -0.25) is 38.4 Å². The first kappa shape index (κ1) is 54.0. The fourth-order valence-electron chi connectivity index (χ4n) is 4.32. The van der Waals surface area contributed by atoms with Crippen LogP contribution in [0.15, 0.2) is 0 Å². The Labute approximate surface area is 295 Å². The molecule has 0 aromatic rings. The summed E-state index contributed by atoms with van der Waals surface area (Å²) in [7, 11) is 0. The van der Waals surface area contributed by atoms with E-state index >= 15 is 0 Å². The van der Waals surface area contributed by atoms with Gasteiger partial charge in [-0.05, 0) is 18.8 Å². The molecule has 0 amide bonds. The molecule has 2 aliphatic heterocycles. The Bertz CT molecular complexity index is 1100. The van der Waals surface area contributed by atoms with E-state index in [1.807, 2.05) is 0 Å². The Morgan fingerprint density at radius 1 is 0.635 bits per heavy atom. The van der Waals surface area contributed by atoms with Gasteiger partial charge in [-0.25, -0.2) is 0 Å². The first-order chi connectivity index (χ1) is 23.6. The Morgan fingerprint density at radius 2 is 0.942 bits per heavy atom. The molecule has 302 valence electrons. The van der Waals surface area contributed by atoms with Crippen molar-refractivity contribution in [2.45, 2.75) is 96.4 Å². The molecule has 0 spiro atoms. The third-order valence-corrected chi connectivity index (χ3v) is 6.17. The second-order valence-corrected chi connectivity index (χ2v) is 11.0.